The molecule has 1 amide bonds. The van der Waals surface area contributed by atoms with Gasteiger partial charge < -0.3 is 14.3 Å². The van der Waals surface area contributed by atoms with E-state index in [2.05, 4.69) is 30.2 Å². The third-order valence-electron chi connectivity index (χ3n) is 5.49. The average Bonchev–Trinajstić information content (AvgIpc) is 3.57. The maximum absolute atomic E-state index is 14.1. The Bertz CT molecular complexity index is 1510. The van der Waals surface area contributed by atoms with E-state index >= 15 is 0 Å². The predicted molar refractivity (Wildman–Crippen MR) is 113 cm³/mol. The molecule has 6 heterocycles. The molecule has 33 heavy (non-hydrogen) atoms. The van der Waals surface area contributed by atoms with Gasteiger partial charge in [-0.2, -0.15) is 5.10 Å². The molecule has 0 aliphatic carbocycles. The van der Waals surface area contributed by atoms with Gasteiger partial charge in [0.05, 0.1) is 23.2 Å². The summed E-state index contributed by atoms with van der Waals surface area (Å²) in [6.07, 6.45) is 3.54. The highest BCUT2D eigenvalue weighted by Gasteiger charge is 2.38. The lowest BCUT2D eigenvalue weighted by Gasteiger charge is -2.32. The van der Waals surface area contributed by atoms with E-state index in [0.29, 0.717) is 29.5 Å². The van der Waals surface area contributed by atoms with Gasteiger partial charge in [0.15, 0.2) is 11.5 Å². The van der Waals surface area contributed by atoms with Crippen molar-refractivity contribution in [2.45, 2.75) is 12.5 Å². The van der Waals surface area contributed by atoms with Crippen molar-refractivity contribution in [1.82, 2.24) is 39.7 Å². The second-order valence-electron chi connectivity index (χ2n) is 7.42. The molecule has 0 saturated heterocycles. The van der Waals surface area contributed by atoms with Gasteiger partial charge in [-0.15, -0.1) is 10.2 Å². The monoisotopic (exact) mass is 464 g/mol. The van der Waals surface area contributed by atoms with Crippen LogP contribution >= 0.6 is 11.6 Å². The van der Waals surface area contributed by atoms with Gasteiger partial charge in [-0.3, -0.25) is 4.79 Å². The lowest BCUT2D eigenvalue weighted by molar-refractivity contribution is 0.0646. The van der Waals surface area contributed by atoms with Crippen molar-refractivity contribution >= 4 is 23.0 Å². The van der Waals surface area contributed by atoms with E-state index in [-0.39, 0.29) is 17.5 Å². The molecular weight excluding hydrogens is 451 g/mol. The van der Waals surface area contributed by atoms with Gasteiger partial charge in [-0.05, 0) is 30.3 Å². The molecular formula is C21H14ClFN8O2. The zero-order valence-corrected chi connectivity index (χ0v) is 17.6. The summed E-state index contributed by atoms with van der Waals surface area (Å²) < 4.78 is 21.2. The minimum atomic E-state index is -0.626. The Labute approximate surface area is 190 Å². The number of amides is 1. The van der Waals surface area contributed by atoms with Crippen LogP contribution in [0.5, 0.6) is 0 Å². The van der Waals surface area contributed by atoms with Crippen molar-refractivity contribution in [3.8, 4) is 11.6 Å². The van der Waals surface area contributed by atoms with E-state index in [0.717, 1.165) is 11.2 Å². The van der Waals surface area contributed by atoms with E-state index in [1.54, 1.807) is 21.8 Å². The van der Waals surface area contributed by atoms with Gasteiger partial charge in [-0.1, -0.05) is 17.7 Å². The molecule has 10 nitrogen and oxygen atoms in total. The van der Waals surface area contributed by atoms with Crippen molar-refractivity contribution in [3.63, 3.8) is 0 Å². The summed E-state index contributed by atoms with van der Waals surface area (Å²) >= 11 is 6.29. The van der Waals surface area contributed by atoms with Crippen molar-refractivity contribution < 1.29 is 13.6 Å². The molecule has 1 unspecified atom stereocenters. The van der Waals surface area contributed by atoms with Gasteiger partial charge in [0.1, 0.15) is 11.2 Å². The first-order valence-electron chi connectivity index (χ1n) is 10.0. The number of aromatic nitrogens is 7. The largest absolute Gasteiger partial charge is 0.411 e. The molecule has 1 aliphatic rings. The summed E-state index contributed by atoms with van der Waals surface area (Å²) in [5.41, 5.74) is 2.82. The first-order chi connectivity index (χ1) is 16.1. The molecule has 0 radical (unpaired) electrons. The Balaban J connectivity index is 1.41. The third kappa shape index (κ3) is 3.16. The van der Waals surface area contributed by atoms with Crippen LogP contribution in [-0.2, 0) is 6.42 Å². The molecule has 1 aliphatic heterocycles. The fourth-order valence-corrected chi connectivity index (χ4v) is 4.21. The molecule has 164 valence electrons. The third-order valence-corrected chi connectivity index (χ3v) is 5.78. The number of nitrogens with zero attached hydrogens (tertiary/aromatic N) is 7. The van der Waals surface area contributed by atoms with E-state index < -0.39 is 17.8 Å². The van der Waals surface area contributed by atoms with Crippen molar-refractivity contribution in [2.75, 3.05) is 6.54 Å². The number of nitrogens with one attached hydrogen (secondary N) is 1. The number of hydrogen-bond donors (Lipinski definition) is 1. The molecule has 1 atom stereocenters. The lowest BCUT2D eigenvalue weighted by atomic mass is 9.99. The van der Waals surface area contributed by atoms with Crippen molar-refractivity contribution in [1.29, 1.82) is 0 Å². The maximum atomic E-state index is 14.1. The number of imidazole rings is 1. The van der Waals surface area contributed by atoms with Crippen LogP contribution < -0.4 is 0 Å². The van der Waals surface area contributed by atoms with Crippen LogP contribution in [0.1, 0.15) is 33.8 Å². The molecule has 1 N–H and O–H groups in total. The summed E-state index contributed by atoms with van der Waals surface area (Å²) in [5.74, 6) is -1.60. The van der Waals surface area contributed by atoms with Crippen molar-refractivity contribution in [2.24, 2.45) is 0 Å². The first kappa shape index (κ1) is 19.6. The number of rotatable bonds is 3. The molecule has 5 aromatic rings. The fraction of sp³-hybridized carbons (Fsp3) is 0.143. The molecule has 0 fully saturated rings. The van der Waals surface area contributed by atoms with Crippen LogP contribution in [0.4, 0.5) is 4.39 Å². The van der Waals surface area contributed by atoms with E-state index in [4.69, 9.17) is 16.0 Å². The Morgan fingerprint density at radius 1 is 1.21 bits per heavy atom. The molecule has 0 bridgehead atoms. The smallest absolute Gasteiger partial charge is 0.312 e. The molecule has 6 rings (SSSR count). The average molecular weight is 465 g/mol. The van der Waals surface area contributed by atoms with E-state index in [1.165, 1.54) is 18.3 Å². The lowest BCUT2D eigenvalue weighted by Crippen LogP contribution is -2.41. The molecule has 0 spiro atoms. The summed E-state index contributed by atoms with van der Waals surface area (Å²) in [7, 11) is 0. The number of H-pyrrole nitrogens is 1. The summed E-state index contributed by atoms with van der Waals surface area (Å²) in [6.45, 7) is 0.357. The quantitative estimate of drug-likeness (QED) is 0.407. The topological polar surface area (TPSA) is 118 Å². The minimum Gasteiger partial charge on any atom is -0.411 e. The Kier molecular flexibility index (Phi) is 4.44. The second-order valence-corrected chi connectivity index (χ2v) is 7.81. The number of hydrogen-bond acceptors (Lipinski definition) is 7. The highest BCUT2D eigenvalue weighted by Crippen LogP contribution is 2.34. The van der Waals surface area contributed by atoms with E-state index in [1.807, 2.05) is 18.2 Å². The van der Waals surface area contributed by atoms with Crippen LogP contribution in [0, 0.1) is 5.82 Å². The van der Waals surface area contributed by atoms with Crippen LogP contribution in [0.15, 0.2) is 53.3 Å². The molecule has 12 heteroatoms. The number of pyridine rings is 2. The number of aromatic amines is 1. The van der Waals surface area contributed by atoms with Gasteiger partial charge in [0.25, 0.3) is 5.89 Å². The molecule has 5 aromatic heterocycles. The Hall–Kier alpha value is -4.12. The predicted octanol–water partition coefficient (Wildman–Crippen LogP) is 3.08. The highest BCUT2D eigenvalue weighted by atomic mass is 35.5. The molecule has 0 aromatic carbocycles. The number of carbonyl (C=O) groups is 1. The van der Waals surface area contributed by atoms with Crippen LogP contribution in [0.2, 0.25) is 5.15 Å². The second kappa shape index (κ2) is 7.48. The van der Waals surface area contributed by atoms with Crippen molar-refractivity contribution in [3.05, 3.63) is 82.9 Å². The van der Waals surface area contributed by atoms with E-state index in [9.17, 15) is 9.18 Å². The SMILES string of the molecule is O=C(c1nnc(-c2ncccc2F)o1)N1CCc2[nH]cnc2C1c1cc2cccc(Cl)n2n1. The number of halogens is 2. The fourth-order valence-electron chi connectivity index (χ4n) is 4.00. The van der Waals surface area contributed by atoms with Gasteiger partial charge in [0.2, 0.25) is 0 Å². The summed E-state index contributed by atoms with van der Waals surface area (Å²) in [6, 6.07) is 9.34. The summed E-state index contributed by atoms with van der Waals surface area (Å²) in [4.78, 5) is 26.5. The van der Waals surface area contributed by atoms with Crippen LogP contribution in [0.25, 0.3) is 17.1 Å². The van der Waals surface area contributed by atoms with Crippen LogP contribution in [-0.4, -0.2) is 52.1 Å². The first-order valence-corrected chi connectivity index (χ1v) is 10.4. The zero-order valence-electron chi connectivity index (χ0n) is 16.8. The van der Waals surface area contributed by atoms with Gasteiger partial charge >= 0.3 is 11.8 Å². The maximum Gasteiger partial charge on any atom is 0.312 e. The summed E-state index contributed by atoms with van der Waals surface area (Å²) in [5, 5.41) is 12.7. The normalized spacial score (nSPS) is 15.7. The highest BCUT2D eigenvalue weighted by molar-refractivity contribution is 6.29. The number of fused-ring (bicyclic) bond motifs is 2. The Morgan fingerprint density at radius 2 is 2.12 bits per heavy atom. The zero-order chi connectivity index (χ0) is 22.5. The minimum absolute atomic E-state index is 0.121. The number of carbonyl (C=O) groups excluding carboxylic acids is 1. The standard InChI is InChI=1S/C21H14ClFN8O2/c22-15-5-1-3-11-9-14(29-31(11)15)18-17-13(25-10-26-17)6-8-30(18)21(32)20-28-27-19(33-20)16-12(23)4-2-7-24-16/h1-5,7,9-10,18H,6,8H2,(H,25,26). The molecule has 0 saturated carbocycles. The Morgan fingerprint density at radius 3 is 2.97 bits per heavy atom. The van der Waals surface area contributed by atoms with Gasteiger partial charge in [-0.25, -0.2) is 18.9 Å². The van der Waals surface area contributed by atoms with Crippen LogP contribution in [0.3, 0.4) is 0 Å². The van der Waals surface area contributed by atoms with Gasteiger partial charge in [0, 0.05) is 24.9 Å².